The van der Waals surface area contributed by atoms with Crippen molar-refractivity contribution in [1.82, 2.24) is 5.32 Å². The number of amides is 1. The third kappa shape index (κ3) is 6.39. The maximum Gasteiger partial charge on any atom is 0.220 e. The highest BCUT2D eigenvalue weighted by molar-refractivity contribution is 5.76. The molecule has 3 nitrogen and oxygen atoms in total. The first-order valence-electron chi connectivity index (χ1n) is 7.53. The van der Waals surface area contributed by atoms with Crippen molar-refractivity contribution in [3.8, 4) is 0 Å². The van der Waals surface area contributed by atoms with Gasteiger partial charge in [-0.2, -0.15) is 0 Å². The first-order valence-corrected chi connectivity index (χ1v) is 7.53. The smallest absolute Gasteiger partial charge is 0.220 e. The van der Waals surface area contributed by atoms with Gasteiger partial charge in [0.25, 0.3) is 0 Å². The van der Waals surface area contributed by atoms with E-state index in [0.29, 0.717) is 19.0 Å². The molecule has 0 bridgehead atoms. The predicted octanol–water partition coefficient (Wildman–Crippen LogP) is 2.98. The molecule has 0 spiro atoms. The molecule has 1 aliphatic rings. The highest BCUT2D eigenvalue weighted by Crippen LogP contribution is 2.26. The Labute approximate surface area is 112 Å². The summed E-state index contributed by atoms with van der Waals surface area (Å²) in [6.07, 6.45) is 10.1. The molecule has 0 heterocycles. The predicted molar refractivity (Wildman–Crippen MR) is 76.3 cm³/mol. The minimum absolute atomic E-state index is 0.190. The minimum atomic E-state index is 0.190. The van der Waals surface area contributed by atoms with Crippen molar-refractivity contribution in [3.05, 3.63) is 0 Å². The Morgan fingerprint density at radius 1 is 1.17 bits per heavy atom. The van der Waals surface area contributed by atoms with Crippen molar-refractivity contribution in [1.29, 1.82) is 0 Å². The Kier molecular flexibility index (Phi) is 6.69. The third-order valence-corrected chi connectivity index (χ3v) is 4.07. The van der Waals surface area contributed by atoms with E-state index < -0.39 is 0 Å². The molecule has 3 N–H and O–H groups in total. The summed E-state index contributed by atoms with van der Waals surface area (Å²) in [7, 11) is 0. The summed E-state index contributed by atoms with van der Waals surface area (Å²) in [5.41, 5.74) is 5.78. The van der Waals surface area contributed by atoms with E-state index in [-0.39, 0.29) is 11.3 Å². The van der Waals surface area contributed by atoms with Gasteiger partial charge in [0.1, 0.15) is 0 Å². The van der Waals surface area contributed by atoms with Gasteiger partial charge >= 0.3 is 0 Å². The normalized spacial score (nSPS) is 18.4. The number of nitrogens with two attached hydrogens (primary N) is 1. The summed E-state index contributed by atoms with van der Waals surface area (Å²) in [5.74, 6) is 0.229. The molecule has 3 heteroatoms. The molecule has 1 aliphatic carbocycles. The number of rotatable bonds is 6. The Hall–Kier alpha value is -0.570. The lowest BCUT2D eigenvalue weighted by atomic mass is 9.84. The molecule has 0 saturated heterocycles. The van der Waals surface area contributed by atoms with Crippen molar-refractivity contribution in [2.24, 2.45) is 11.1 Å². The van der Waals surface area contributed by atoms with Crippen molar-refractivity contribution in [2.45, 2.75) is 77.7 Å². The highest BCUT2D eigenvalue weighted by Gasteiger charge is 2.20. The van der Waals surface area contributed by atoms with E-state index in [9.17, 15) is 4.79 Å². The van der Waals surface area contributed by atoms with Gasteiger partial charge in [-0.3, -0.25) is 4.79 Å². The van der Waals surface area contributed by atoms with Gasteiger partial charge in [0.05, 0.1) is 0 Å². The summed E-state index contributed by atoms with van der Waals surface area (Å²) < 4.78 is 0. The first kappa shape index (κ1) is 15.5. The van der Waals surface area contributed by atoms with Crippen LogP contribution in [0.1, 0.15) is 71.6 Å². The summed E-state index contributed by atoms with van der Waals surface area (Å²) in [6.45, 7) is 5.09. The number of hydrogen-bond acceptors (Lipinski definition) is 2. The zero-order valence-electron chi connectivity index (χ0n) is 12.1. The Morgan fingerprint density at radius 2 is 1.78 bits per heavy atom. The largest absolute Gasteiger partial charge is 0.353 e. The molecule has 0 aromatic carbocycles. The first-order chi connectivity index (χ1) is 8.53. The van der Waals surface area contributed by atoms with Crippen molar-refractivity contribution in [3.63, 3.8) is 0 Å². The van der Waals surface area contributed by atoms with Crippen molar-refractivity contribution >= 4 is 5.91 Å². The van der Waals surface area contributed by atoms with Crippen LogP contribution in [0.4, 0.5) is 0 Å². The molecular weight excluding hydrogens is 224 g/mol. The summed E-state index contributed by atoms with van der Waals surface area (Å²) in [4.78, 5) is 11.9. The molecule has 0 unspecified atom stereocenters. The van der Waals surface area contributed by atoms with E-state index in [1.807, 2.05) is 0 Å². The molecule has 0 atom stereocenters. The molecular formula is C15H30N2O. The number of carbonyl (C=O) groups is 1. The quantitative estimate of drug-likeness (QED) is 0.716. The Bertz CT molecular complexity index is 243. The maximum atomic E-state index is 11.9. The highest BCUT2D eigenvalue weighted by atomic mass is 16.1. The number of hydrogen-bond donors (Lipinski definition) is 2. The summed E-state index contributed by atoms with van der Waals surface area (Å²) in [5, 5.41) is 3.20. The molecule has 106 valence electrons. The van der Waals surface area contributed by atoms with Gasteiger partial charge in [-0.05, 0) is 37.6 Å². The van der Waals surface area contributed by atoms with Gasteiger partial charge in [0.15, 0.2) is 0 Å². The van der Waals surface area contributed by atoms with Gasteiger partial charge in [-0.1, -0.05) is 39.5 Å². The minimum Gasteiger partial charge on any atom is -0.353 e. The van der Waals surface area contributed by atoms with Crippen LogP contribution in [-0.2, 0) is 4.79 Å². The van der Waals surface area contributed by atoms with E-state index in [0.717, 1.165) is 25.7 Å². The van der Waals surface area contributed by atoms with E-state index >= 15 is 0 Å². The number of carbonyl (C=O) groups excluding carboxylic acids is 1. The second kappa shape index (κ2) is 7.78. The van der Waals surface area contributed by atoms with Gasteiger partial charge in [0.2, 0.25) is 5.91 Å². The second-order valence-corrected chi connectivity index (χ2v) is 6.46. The van der Waals surface area contributed by atoms with E-state index in [1.165, 1.54) is 25.7 Å². The van der Waals surface area contributed by atoms with Crippen LogP contribution in [0, 0.1) is 5.41 Å². The van der Waals surface area contributed by atoms with Crippen LogP contribution < -0.4 is 11.1 Å². The fourth-order valence-electron chi connectivity index (χ4n) is 2.69. The Morgan fingerprint density at radius 3 is 2.33 bits per heavy atom. The van der Waals surface area contributed by atoms with Crippen LogP contribution >= 0.6 is 0 Å². The average Bonchev–Trinajstić information content (AvgIpc) is 2.55. The summed E-state index contributed by atoms with van der Waals surface area (Å²) >= 11 is 0. The fraction of sp³-hybridized carbons (Fsp3) is 0.933. The van der Waals surface area contributed by atoms with Gasteiger partial charge in [-0.15, -0.1) is 0 Å². The standard InChI is InChI=1S/C15H30N2O/c1-15(2,11-12-16)10-9-14(18)17-13-7-5-3-4-6-8-13/h13H,3-12,16H2,1-2H3,(H,17,18). The zero-order chi connectivity index (χ0) is 13.4. The van der Waals surface area contributed by atoms with Crippen molar-refractivity contribution < 1.29 is 4.79 Å². The van der Waals surface area contributed by atoms with Gasteiger partial charge in [-0.25, -0.2) is 0 Å². The second-order valence-electron chi connectivity index (χ2n) is 6.46. The molecule has 1 saturated carbocycles. The molecule has 1 rings (SSSR count). The topological polar surface area (TPSA) is 55.1 Å². The van der Waals surface area contributed by atoms with Gasteiger partial charge in [0, 0.05) is 12.5 Å². The Balaban J connectivity index is 2.24. The van der Waals surface area contributed by atoms with Crippen molar-refractivity contribution in [2.75, 3.05) is 6.54 Å². The van der Waals surface area contributed by atoms with Crippen LogP contribution in [0.25, 0.3) is 0 Å². The van der Waals surface area contributed by atoms with Crippen LogP contribution in [0.3, 0.4) is 0 Å². The zero-order valence-corrected chi connectivity index (χ0v) is 12.1. The third-order valence-electron chi connectivity index (χ3n) is 4.07. The summed E-state index contributed by atoms with van der Waals surface area (Å²) in [6, 6.07) is 0.428. The molecule has 18 heavy (non-hydrogen) atoms. The lowest BCUT2D eigenvalue weighted by Crippen LogP contribution is -2.35. The van der Waals surface area contributed by atoms with E-state index in [1.54, 1.807) is 0 Å². The molecule has 0 aliphatic heterocycles. The molecule has 1 fully saturated rings. The van der Waals surface area contributed by atoms with Crippen LogP contribution in [0.5, 0.6) is 0 Å². The molecule has 0 aromatic rings. The fourth-order valence-corrected chi connectivity index (χ4v) is 2.69. The SMILES string of the molecule is CC(C)(CCN)CCC(=O)NC1CCCCCC1. The molecule has 0 radical (unpaired) electrons. The van der Waals surface area contributed by atoms with E-state index in [4.69, 9.17) is 5.73 Å². The monoisotopic (exact) mass is 254 g/mol. The lowest BCUT2D eigenvalue weighted by Gasteiger charge is -2.24. The number of nitrogens with one attached hydrogen (secondary N) is 1. The van der Waals surface area contributed by atoms with Crippen LogP contribution in [0.15, 0.2) is 0 Å². The molecule has 0 aromatic heterocycles. The lowest BCUT2D eigenvalue weighted by molar-refractivity contribution is -0.122. The maximum absolute atomic E-state index is 11.9. The van der Waals surface area contributed by atoms with Gasteiger partial charge < -0.3 is 11.1 Å². The molecule has 1 amide bonds. The van der Waals surface area contributed by atoms with E-state index in [2.05, 4.69) is 19.2 Å². The average molecular weight is 254 g/mol. The van der Waals surface area contributed by atoms with Crippen LogP contribution in [0.2, 0.25) is 0 Å². The van der Waals surface area contributed by atoms with Crippen LogP contribution in [-0.4, -0.2) is 18.5 Å².